The highest BCUT2D eigenvalue weighted by molar-refractivity contribution is 14.1. The fourth-order valence-electron chi connectivity index (χ4n) is 0.740. The van der Waals surface area contributed by atoms with E-state index in [0.29, 0.717) is 0 Å². The minimum Gasteiger partial charge on any atom is -0.326 e. The van der Waals surface area contributed by atoms with Crippen LogP contribution in [0.4, 0.5) is 5.69 Å². The van der Waals surface area contributed by atoms with Crippen LogP contribution in [0.25, 0.3) is 0 Å². The number of aromatic amines is 1. The van der Waals surface area contributed by atoms with Gasteiger partial charge in [-0.05, 0) is 28.7 Å². The van der Waals surface area contributed by atoms with Crippen LogP contribution in [-0.4, -0.2) is 10.9 Å². The van der Waals surface area contributed by atoms with Gasteiger partial charge < -0.3 is 10.3 Å². The predicted octanol–water partition coefficient (Wildman–Crippen LogP) is 0.938. The standard InChI is InChI=1S/C7H7IN2O2/c1-4(11)10-6-2-5(8)3-9-7(6)12/h2-3H,1H3,(H,9,12)(H,10,11). The lowest BCUT2D eigenvalue weighted by atomic mass is 10.4. The molecule has 0 aliphatic heterocycles. The van der Waals surface area contributed by atoms with Crippen LogP contribution in [0.3, 0.4) is 0 Å². The summed E-state index contributed by atoms with van der Waals surface area (Å²) < 4.78 is 0.871. The normalized spacial score (nSPS) is 9.50. The average molecular weight is 278 g/mol. The third kappa shape index (κ3) is 2.33. The zero-order valence-electron chi connectivity index (χ0n) is 6.35. The van der Waals surface area contributed by atoms with Crippen LogP contribution in [0.5, 0.6) is 0 Å². The number of amides is 1. The minimum absolute atomic E-state index is 0.248. The van der Waals surface area contributed by atoms with E-state index in [1.54, 1.807) is 12.3 Å². The van der Waals surface area contributed by atoms with Gasteiger partial charge >= 0.3 is 0 Å². The highest BCUT2D eigenvalue weighted by Crippen LogP contribution is 2.05. The van der Waals surface area contributed by atoms with Gasteiger partial charge in [0.25, 0.3) is 5.56 Å². The summed E-state index contributed by atoms with van der Waals surface area (Å²) in [5, 5.41) is 2.43. The van der Waals surface area contributed by atoms with Crippen LogP contribution < -0.4 is 10.9 Å². The molecule has 4 nitrogen and oxygen atoms in total. The number of H-pyrrole nitrogens is 1. The number of anilines is 1. The molecular weight excluding hydrogens is 271 g/mol. The van der Waals surface area contributed by atoms with E-state index >= 15 is 0 Å². The van der Waals surface area contributed by atoms with Crippen molar-refractivity contribution in [3.05, 3.63) is 26.2 Å². The van der Waals surface area contributed by atoms with Crippen LogP contribution in [0.15, 0.2) is 17.1 Å². The van der Waals surface area contributed by atoms with Crippen molar-refractivity contribution in [2.24, 2.45) is 0 Å². The van der Waals surface area contributed by atoms with E-state index in [9.17, 15) is 9.59 Å². The zero-order chi connectivity index (χ0) is 9.14. The number of nitrogens with one attached hydrogen (secondary N) is 2. The molecule has 0 spiro atoms. The SMILES string of the molecule is CC(=O)Nc1cc(I)c[nH]c1=O. The van der Waals surface area contributed by atoms with Gasteiger partial charge in [-0.3, -0.25) is 9.59 Å². The molecule has 12 heavy (non-hydrogen) atoms. The van der Waals surface area contributed by atoms with Crippen molar-refractivity contribution in [2.75, 3.05) is 5.32 Å². The van der Waals surface area contributed by atoms with E-state index < -0.39 is 0 Å². The third-order valence-electron chi connectivity index (χ3n) is 1.18. The Morgan fingerprint density at radius 3 is 2.92 bits per heavy atom. The molecule has 0 aliphatic carbocycles. The summed E-state index contributed by atoms with van der Waals surface area (Å²) in [5.74, 6) is -0.248. The highest BCUT2D eigenvalue weighted by atomic mass is 127. The van der Waals surface area contributed by atoms with Crippen LogP contribution in [0.2, 0.25) is 0 Å². The van der Waals surface area contributed by atoms with E-state index in [1.807, 2.05) is 22.6 Å². The summed E-state index contributed by atoms with van der Waals surface area (Å²) in [4.78, 5) is 24.1. The van der Waals surface area contributed by atoms with Crippen LogP contribution in [-0.2, 0) is 4.79 Å². The second-order valence-electron chi connectivity index (χ2n) is 2.24. The number of halogens is 1. The van der Waals surface area contributed by atoms with Gasteiger partial charge in [-0.25, -0.2) is 0 Å². The molecule has 64 valence electrons. The Morgan fingerprint density at radius 1 is 1.67 bits per heavy atom. The molecule has 0 atom stereocenters. The predicted molar refractivity (Wildman–Crippen MR) is 54.1 cm³/mol. The molecular formula is C7H7IN2O2. The van der Waals surface area contributed by atoms with E-state index in [4.69, 9.17) is 0 Å². The van der Waals surface area contributed by atoms with E-state index in [2.05, 4.69) is 10.3 Å². The lowest BCUT2D eigenvalue weighted by molar-refractivity contribution is -0.114. The Morgan fingerprint density at radius 2 is 2.33 bits per heavy atom. The summed E-state index contributed by atoms with van der Waals surface area (Å²) in [6.45, 7) is 1.36. The lowest BCUT2D eigenvalue weighted by Crippen LogP contribution is -2.17. The fraction of sp³-hybridized carbons (Fsp3) is 0.143. The Bertz CT molecular complexity index is 359. The second kappa shape index (κ2) is 3.70. The zero-order valence-corrected chi connectivity index (χ0v) is 8.51. The topological polar surface area (TPSA) is 62.0 Å². The molecule has 5 heteroatoms. The fourth-order valence-corrected chi connectivity index (χ4v) is 1.21. The first kappa shape index (κ1) is 9.24. The van der Waals surface area contributed by atoms with Crippen molar-refractivity contribution in [1.29, 1.82) is 0 Å². The average Bonchev–Trinajstić information content (AvgIpc) is 1.96. The number of hydrogen-bond donors (Lipinski definition) is 2. The van der Waals surface area contributed by atoms with Crippen molar-refractivity contribution < 1.29 is 4.79 Å². The van der Waals surface area contributed by atoms with Gasteiger partial charge in [-0.2, -0.15) is 0 Å². The Balaban J connectivity index is 3.06. The molecule has 0 unspecified atom stereocenters. The molecule has 1 aromatic heterocycles. The maximum atomic E-state index is 11.0. The molecule has 1 amide bonds. The van der Waals surface area contributed by atoms with Crippen molar-refractivity contribution >= 4 is 34.2 Å². The molecule has 1 rings (SSSR count). The second-order valence-corrected chi connectivity index (χ2v) is 3.49. The molecule has 0 saturated heterocycles. The van der Waals surface area contributed by atoms with E-state index in [-0.39, 0.29) is 17.2 Å². The molecule has 0 aliphatic rings. The molecule has 0 bridgehead atoms. The van der Waals surface area contributed by atoms with Crippen molar-refractivity contribution in [2.45, 2.75) is 6.92 Å². The van der Waals surface area contributed by atoms with Crippen molar-refractivity contribution in [3.63, 3.8) is 0 Å². The summed E-state index contributed by atoms with van der Waals surface area (Å²) in [7, 11) is 0. The van der Waals surface area contributed by atoms with Crippen molar-refractivity contribution in [1.82, 2.24) is 4.98 Å². The molecule has 2 N–H and O–H groups in total. The van der Waals surface area contributed by atoms with Gasteiger partial charge in [0.15, 0.2) is 0 Å². The van der Waals surface area contributed by atoms with Gasteiger partial charge in [0.2, 0.25) is 5.91 Å². The minimum atomic E-state index is -0.286. The van der Waals surface area contributed by atoms with Gasteiger partial charge in [0, 0.05) is 16.7 Å². The van der Waals surface area contributed by atoms with Crippen LogP contribution in [0.1, 0.15) is 6.92 Å². The quantitative estimate of drug-likeness (QED) is 0.751. The van der Waals surface area contributed by atoms with Crippen molar-refractivity contribution in [3.8, 4) is 0 Å². The number of hydrogen-bond acceptors (Lipinski definition) is 2. The Hall–Kier alpha value is -0.850. The summed E-state index contributed by atoms with van der Waals surface area (Å²) in [6, 6.07) is 1.61. The maximum Gasteiger partial charge on any atom is 0.271 e. The number of carbonyl (C=O) groups is 1. The summed E-state index contributed by atoms with van der Waals surface area (Å²) in [5.41, 5.74) is 0.0000148. The maximum absolute atomic E-state index is 11.0. The molecule has 1 heterocycles. The summed E-state index contributed by atoms with van der Waals surface area (Å²) in [6.07, 6.45) is 1.58. The van der Waals surface area contributed by atoms with E-state index in [1.165, 1.54) is 6.92 Å². The molecule has 1 aromatic rings. The Kier molecular flexibility index (Phi) is 2.85. The molecule has 0 fully saturated rings. The van der Waals surface area contributed by atoms with Crippen LogP contribution >= 0.6 is 22.6 Å². The van der Waals surface area contributed by atoms with Crippen LogP contribution in [0, 0.1) is 3.57 Å². The molecule has 0 aromatic carbocycles. The first-order valence-electron chi connectivity index (χ1n) is 3.25. The van der Waals surface area contributed by atoms with Gasteiger partial charge in [0.1, 0.15) is 5.69 Å². The van der Waals surface area contributed by atoms with E-state index in [0.717, 1.165) is 3.57 Å². The number of rotatable bonds is 1. The van der Waals surface area contributed by atoms with Gasteiger partial charge in [0.05, 0.1) is 0 Å². The first-order chi connectivity index (χ1) is 5.59. The smallest absolute Gasteiger partial charge is 0.271 e. The lowest BCUT2D eigenvalue weighted by Gasteiger charge is -1.99. The number of aromatic nitrogens is 1. The third-order valence-corrected chi connectivity index (χ3v) is 1.80. The largest absolute Gasteiger partial charge is 0.326 e. The van der Waals surface area contributed by atoms with Gasteiger partial charge in [-0.15, -0.1) is 0 Å². The van der Waals surface area contributed by atoms with Gasteiger partial charge in [-0.1, -0.05) is 0 Å². The number of carbonyl (C=O) groups excluding carboxylic acids is 1. The monoisotopic (exact) mass is 278 g/mol. The molecule has 0 radical (unpaired) electrons. The Labute approximate surface area is 82.5 Å². The first-order valence-corrected chi connectivity index (χ1v) is 4.33. The number of pyridine rings is 1. The summed E-state index contributed by atoms with van der Waals surface area (Å²) >= 11 is 2.05. The highest BCUT2D eigenvalue weighted by Gasteiger charge is 2.00. The molecule has 0 saturated carbocycles.